The second kappa shape index (κ2) is 10.8. The standard InChI is InChI=1S/C29H29NO4/c1-20(22-8-3-2-4-9-22)30-28(31)25(18-21-14-16-24(17-15-21)29(32)33)19-34-27-13-7-11-23-10-5-6-12-26(23)27/h3,5-8,10-18,20,22H,2,4,9,19H2,1H3,(H,30,31)(H,32,33). The van der Waals surface area contributed by atoms with Crippen LogP contribution in [0.3, 0.4) is 0 Å². The summed E-state index contributed by atoms with van der Waals surface area (Å²) in [6.07, 6.45) is 9.41. The summed E-state index contributed by atoms with van der Waals surface area (Å²) in [6.45, 7) is 2.12. The first-order valence-corrected chi connectivity index (χ1v) is 11.6. The van der Waals surface area contributed by atoms with Crippen LogP contribution in [0.1, 0.15) is 42.1 Å². The monoisotopic (exact) mass is 455 g/mol. The molecule has 0 saturated carbocycles. The van der Waals surface area contributed by atoms with Crippen molar-refractivity contribution in [1.29, 1.82) is 0 Å². The van der Waals surface area contributed by atoms with Crippen LogP contribution < -0.4 is 10.1 Å². The average Bonchev–Trinajstić information content (AvgIpc) is 2.87. The van der Waals surface area contributed by atoms with E-state index in [0.29, 0.717) is 17.2 Å². The molecule has 0 radical (unpaired) electrons. The number of carbonyl (C=O) groups is 2. The fourth-order valence-electron chi connectivity index (χ4n) is 4.23. The normalized spacial score (nSPS) is 16.7. The molecule has 0 fully saturated rings. The molecule has 34 heavy (non-hydrogen) atoms. The van der Waals surface area contributed by atoms with E-state index in [0.717, 1.165) is 35.6 Å². The highest BCUT2D eigenvalue weighted by Crippen LogP contribution is 2.26. The Kier molecular flexibility index (Phi) is 7.43. The van der Waals surface area contributed by atoms with Gasteiger partial charge >= 0.3 is 5.97 Å². The van der Waals surface area contributed by atoms with Crippen molar-refractivity contribution >= 4 is 28.7 Å². The molecule has 1 amide bonds. The summed E-state index contributed by atoms with van der Waals surface area (Å²) >= 11 is 0. The van der Waals surface area contributed by atoms with Gasteiger partial charge in [0.25, 0.3) is 5.91 Å². The number of carbonyl (C=O) groups excluding carboxylic acids is 1. The van der Waals surface area contributed by atoms with Gasteiger partial charge in [-0.15, -0.1) is 0 Å². The summed E-state index contributed by atoms with van der Waals surface area (Å²) in [7, 11) is 0. The molecule has 1 aliphatic rings. The molecule has 5 heteroatoms. The Hall–Kier alpha value is -3.86. The van der Waals surface area contributed by atoms with Crippen molar-refractivity contribution in [1.82, 2.24) is 5.32 Å². The first-order chi connectivity index (χ1) is 16.5. The Morgan fingerprint density at radius 3 is 2.59 bits per heavy atom. The van der Waals surface area contributed by atoms with E-state index in [9.17, 15) is 9.59 Å². The van der Waals surface area contributed by atoms with Crippen molar-refractivity contribution in [2.45, 2.75) is 32.2 Å². The molecule has 2 atom stereocenters. The zero-order chi connectivity index (χ0) is 23.9. The van der Waals surface area contributed by atoms with Crippen LogP contribution in [0, 0.1) is 5.92 Å². The Morgan fingerprint density at radius 2 is 1.85 bits per heavy atom. The number of benzene rings is 3. The first kappa shape index (κ1) is 23.3. The molecule has 0 spiro atoms. The van der Waals surface area contributed by atoms with Gasteiger partial charge in [0, 0.05) is 11.4 Å². The van der Waals surface area contributed by atoms with Crippen LogP contribution in [-0.2, 0) is 4.79 Å². The second-order valence-electron chi connectivity index (χ2n) is 8.65. The molecule has 0 aromatic heterocycles. The van der Waals surface area contributed by atoms with Crippen LogP contribution in [0.2, 0.25) is 0 Å². The highest BCUT2D eigenvalue weighted by Gasteiger charge is 2.20. The maximum absolute atomic E-state index is 13.3. The molecule has 0 bridgehead atoms. The third-order valence-corrected chi connectivity index (χ3v) is 6.22. The number of amides is 1. The van der Waals surface area contributed by atoms with E-state index in [1.54, 1.807) is 18.2 Å². The highest BCUT2D eigenvalue weighted by atomic mass is 16.5. The summed E-state index contributed by atoms with van der Waals surface area (Å²) < 4.78 is 6.13. The van der Waals surface area contributed by atoms with Crippen LogP contribution in [0.15, 0.2) is 84.5 Å². The number of nitrogens with one attached hydrogen (secondary N) is 1. The number of ether oxygens (including phenoxy) is 1. The lowest BCUT2D eigenvalue weighted by Gasteiger charge is -2.25. The smallest absolute Gasteiger partial charge is 0.335 e. The van der Waals surface area contributed by atoms with Gasteiger partial charge < -0.3 is 15.2 Å². The van der Waals surface area contributed by atoms with Crippen LogP contribution in [0.5, 0.6) is 5.75 Å². The number of carboxylic acid groups (broad SMARTS) is 1. The fraction of sp³-hybridized carbons (Fsp3) is 0.241. The summed E-state index contributed by atoms with van der Waals surface area (Å²) in [5, 5.41) is 14.4. The fourth-order valence-corrected chi connectivity index (χ4v) is 4.23. The van der Waals surface area contributed by atoms with Gasteiger partial charge in [-0.3, -0.25) is 4.79 Å². The van der Waals surface area contributed by atoms with E-state index in [-0.39, 0.29) is 24.1 Å². The van der Waals surface area contributed by atoms with Crippen LogP contribution in [-0.4, -0.2) is 29.6 Å². The molecule has 0 heterocycles. The van der Waals surface area contributed by atoms with Gasteiger partial charge in [-0.2, -0.15) is 0 Å². The zero-order valence-electron chi connectivity index (χ0n) is 19.2. The molecule has 2 N–H and O–H groups in total. The van der Waals surface area contributed by atoms with E-state index in [1.165, 1.54) is 12.1 Å². The Bertz CT molecular complexity index is 1220. The third-order valence-electron chi connectivity index (χ3n) is 6.22. The minimum absolute atomic E-state index is 0.000563. The SMILES string of the molecule is CC(NC(=O)C(=Cc1ccc(C(=O)O)cc1)COc1cccc2ccccc12)C1C=CCCC1. The Balaban J connectivity index is 1.57. The van der Waals surface area contributed by atoms with Gasteiger partial charge in [-0.05, 0) is 67.3 Å². The number of allylic oxidation sites excluding steroid dienone is 1. The molecular formula is C29H29NO4. The van der Waals surface area contributed by atoms with Crippen LogP contribution in [0.25, 0.3) is 16.8 Å². The number of hydrogen-bond acceptors (Lipinski definition) is 3. The molecule has 4 rings (SSSR count). The first-order valence-electron chi connectivity index (χ1n) is 11.6. The Morgan fingerprint density at radius 1 is 1.09 bits per heavy atom. The van der Waals surface area contributed by atoms with Gasteiger partial charge in [0.1, 0.15) is 12.4 Å². The van der Waals surface area contributed by atoms with Gasteiger partial charge in [0.05, 0.1) is 11.1 Å². The zero-order valence-corrected chi connectivity index (χ0v) is 19.2. The molecule has 3 aromatic carbocycles. The minimum Gasteiger partial charge on any atom is -0.488 e. The topological polar surface area (TPSA) is 75.6 Å². The molecule has 1 aliphatic carbocycles. The van der Waals surface area contributed by atoms with Crippen molar-refractivity contribution in [3.05, 3.63) is 95.6 Å². The van der Waals surface area contributed by atoms with Crippen molar-refractivity contribution in [3.63, 3.8) is 0 Å². The van der Waals surface area contributed by atoms with Crippen LogP contribution in [0.4, 0.5) is 0 Å². The lowest BCUT2D eigenvalue weighted by Crippen LogP contribution is -2.39. The molecule has 174 valence electrons. The van der Waals surface area contributed by atoms with Gasteiger partial charge in [-0.25, -0.2) is 4.79 Å². The molecule has 0 saturated heterocycles. The maximum atomic E-state index is 13.3. The number of carboxylic acids is 1. The number of rotatable bonds is 8. The van der Waals surface area contributed by atoms with Crippen LogP contribution >= 0.6 is 0 Å². The largest absolute Gasteiger partial charge is 0.488 e. The predicted octanol–water partition coefficient (Wildman–Crippen LogP) is 5.86. The van der Waals surface area contributed by atoms with E-state index in [2.05, 4.69) is 17.5 Å². The van der Waals surface area contributed by atoms with Gasteiger partial charge in [0.15, 0.2) is 0 Å². The summed E-state index contributed by atoms with van der Waals surface area (Å²) in [4.78, 5) is 24.5. The van der Waals surface area contributed by atoms with Crippen molar-refractivity contribution in [3.8, 4) is 5.75 Å². The quantitative estimate of drug-likeness (QED) is 0.329. The molecular weight excluding hydrogens is 426 g/mol. The molecule has 3 aromatic rings. The minimum atomic E-state index is -0.984. The lowest BCUT2D eigenvalue weighted by atomic mass is 9.90. The highest BCUT2D eigenvalue weighted by molar-refractivity contribution is 5.98. The van der Waals surface area contributed by atoms with E-state index in [1.807, 2.05) is 49.4 Å². The Labute approximate surface area is 199 Å². The maximum Gasteiger partial charge on any atom is 0.335 e. The predicted molar refractivity (Wildman–Crippen MR) is 135 cm³/mol. The van der Waals surface area contributed by atoms with Crippen molar-refractivity contribution in [2.75, 3.05) is 6.61 Å². The van der Waals surface area contributed by atoms with Crippen molar-refractivity contribution < 1.29 is 19.4 Å². The number of aromatic carboxylic acids is 1. The lowest BCUT2D eigenvalue weighted by molar-refractivity contribution is -0.118. The second-order valence-corrected chi connectivity index (χ2v) is 8.65. The van der Waals surface area contributed by atoms with E-state index >= 15 is 0 Å². The van der Waals surface area contributed by atoms with E-state index < -0.39 is 5.97 Å². The summed E-state index contributed by atoms with van der Waals surface area (Å²) in [5.74, 6) is -0.148. The van der Waals surface area contributed by atoms with Gasteiger partial charge in [0.2, 0.25) is 0 Å². The molecule has 2 unspecified atom stereocenters. The summed E-state index contributed by atoms with van der Waals surface area (Å²) in [6, 6.07) is 20.3. The number of fused-ring (bicyclic) bond motifs is 1. The summed E-state index contributed by atoms with van der Waals surface area (Å²) in [5.41, 5.74) is 1.41. The molecule has 5 nitrogen and oxygen atoms in total. The molecule has 0 aliphatic heterocycles. The van der Waals surface area contributed by atoms with Crippen molar-refractivity contribution in [2.24, 2.45) is 5.92 Å². The average molecular weight is 456 g/mol. The van der Waals surface area contributed by atoms with E-state index in [4.69, 9.17) is 9.84 Å². The van der Waals surface area contributed by atoms with Gasteiger partial charge in [-0.1, -0.05) is 60.7 Å². The number of hydrogen-bond donors (Lipinski definition) is 2. The third kappa shape index (κ3) is 5.73.